The Morgan fingerprint density at radius 2 is 2.00 bits per heavy atom. The van der Waals surface area contributed by atoms with Crippen LogP contribution in [0.5, 0.6) is 5.75 Å². The summed E-state index contributed by atoms with van der Waals surface area (Å²) in [6, 6.07) is 5.72. The largest absolute Gasteiger partial charge is 1.00 e. The third-order valence-corrected chi connectivity index (χ3v) is 2.72. The van der Waals surface area contributed by atoms with Crippen molar-refractivity contribution in [2.45, 2.75) is 26.8 Å². The summed E-state index contributed by atoms with van der Waals surface area (Å²) in [6.45, 7) is 7.93. The Bertz CT molecular complexity index is 348. The van der Waals surface area contributed by atoms with Gasteiger partial charge in [0, 0.05) is 30.3 Å². The van der Waals surface area contributed by atoms with Crippen molar-refractivity contribution in [2.75, 3.05) is 26.4 Å². The summed E-state index contributed by atoms with van der Waals surface area (Å²) < 4.78 is 10.8. The van der Waals surface area contributed by atoms with E-state index in [1.54, 1.807) is 0 Å². The zero-order chi connectivity index (χ0) is 13.2. The zero-order valence-electron chi connectivity index (χ0n) is 11.5. The Hall–Kier alpha value is -0.480. The molecule has 0 unspecified atom stereocenters. The van der Waals surface area contributed by atoms with E-state index in [0.717, 1.165) is 49.1 Å². The molecule has 0 aliphatic rings. The average molecular weight is 307 g/mol. The van der Waals surface area contributed by atoms with E-state index < -0.39 is 0 Å². The molecule has 0 heterocycles. The van der Waals surface area contributed by atoms with Crippen molar-refractivity contribution in [2.24, 2.45) is 0 Å². The molecule has 0 atom stereocenters. The summed E-state index contributed by atoms with van der Waals surface area (Å²) in [5.41, 5.74) is 1.10. The number of ether oxygens (including phenoxy) is 2. The summed E-state index contributed by atoms with van der Waals surface area (Å²) in [7, 11) is 0. The van der Waals surface area contributed by atoms with Crippen LogP contribution in [0.15, 0.2) is 18.2 Å². The highest BCUT2D eigenvalue weighted by Gasteiger charge is 2.03. The molecule has 0 saturated carbocycles. The van der Waals surface area contributed by atoms with Gasteiger partial charge in [-0.15, -0.1) is 0 Å². The third-order valence-electron chi connectivity index (χ3n) is 2.48. The van der Waals surface area contributed by atoms with Crippen LogP contribution in [-0.4, -0.2) is 26.4 Å². The first-order chi connectivity index (χ1) is 8.77. The van der Waals surface area contributed by atoms with Crippen LogP contribution in [-0.2, 0) is 11.3 Å². The van der Waals surface area contributed by atoms with Gasteiger partial charge in [0.1, 0.15) is 5.75 Å². The quantitative estimate of drug-likeness (QED) is 0.664. The minimum Gasteiger partial charge on any atom is -1.00 e. The molecule has 1 N–H and O–H groups in total. The van der Waals surface area contributed by atoms with Crippen LogP contribution in [0, 0.1) is 0 Å². The second-order valence-electron chi connectivity index (χ2n) is 3.91. The van der Waals surface area contributed by atoms with E-state index in [1.807, 2.05) is 32.0 Å². The Morgan fingerprint density at radius 3 is 2.68 bits per heavy atom. The van der Waals surface area contributed by atoms with Gasteiger partial charge in [-0.2, -0.15) is 0 Å². The van der Waals surface area contributed by atoms with E-state index >= 15 is 0 Å². The molecule has 19 heavy (non-hydrogen) atoms. The van der Waals surface area contributed by atoms with Gasteiger partial charge >= 0.3 is 0 Å². The summed E-state index contributed by atoms with van der Waals surface area (Å²) in [5.74, 6) is 0.902. The zero-order valence-corrected chi connectivity index (χ0v) is 13.1. The molecule has 110 valence electrons. The van der Waals surface area contributed by atoms with Gasteiger partial charge in [-0.1, -0.05) is 11.6 Å². The minimum atomic E-state index is 0. The van der Waals surface area contributed by atoms with Gasteiger partial charge < -0.3 is 27.2 Å². The molecule has 3 nitrogen and oxygen atoms in total. The Balaban J connectivity index is 0.00000324. The topological polar surface area (TPSA) is 30.5 Å². The molecule has 1 aromatic carbocycles. The monoisotopic (exact) mass is 306 g/mol. The van der Waals surface area contributed by atoms with E-state index in [2.05, 4.69) is 5.32 Å². The molecule has 0 amide bonds. The molecule has 5 heteroatoms. The number of halogens is 2. The lowest BCUT2D eigenvalue weighted by Crippen LogP contribution is -3.00. The third kappa shape index (κ3) is 7.63. The summed E-state index contributed by atoms with van der Waals surface area (Å²) in [4.78, 5) is 0. The predicted molar refractivity (Wildman–Crippen MR) is 75.4 cm³/mol. The van der Waals surface area contributed by atoms with Gasteiger partial charge in [0.25, 0.3) is 0 Å². The van der Waals surface area contributed by atoms with E-state index in [0.29, 0.717) is 6.61 Å². The van der Waals surface area contributed by atoms with Gasteiger partial charge in [0.15, 0.2) is 0 Å². The number of hydrogen-bond acceptors (Lipinski definition) is 3. The van der Waals surface area contributed by atoms with Gasteiger partial charge in [-0.25, -0.2) is 0 Å². The van der Waals surface area contributed by atoms with Crippen LogP contribution in [0.1, 0.15) is 25.8 Å². The first-order valence-electron chi connectivity index (χ1n) is 6.47. The normalized spacial score (nSPS) is 10.1. The van der Waals surface area contributed by atoms with Crippen molar-refractivity contribution >= 4 is 11.6 Å². The number of hydrogen-bond donors (Lipinski definition) is 1. The van der Waals surface area contributed by atoms with Crippen molar-refractivity contribution in [1.29, 1.82) is 0 Å². The highest BCUT2D eigenvalue weighted by Crippen LogP contribution is 2.22. The van der Waals surface area contributed by atoms with E-state index in [-0.39, 0.29) is 12.4 Å². The van der Waals surface area contributed by atoms with E-state index in [4.69, 9.17) is 21.1 Å². The molecule has 1 rings (SSSR count). The van der Waals surface area contributed by atoms with Crippen molar-refractivity contribution in [3.05, 3.63) is 28.8 Å². The van der Waals surface area contributed by atoms with Crippen molar-refractivity contribution < 1.29 is 21.9 Å². The molecular weight excluding hydrogens is 285 g/mol. The molecule has 0 saturated heterocycles. The fourth-order valence-corrected chi connectivity index (χ4v) is 1.84. The molecule has 0 aliphatic carbocycles. The summed E-state index contributed by atoms with van der Waals surface area (Å²) in [6.07, 6.45) is 1.01. The van der Waals surface area contributed by atoms with E-state index in [9.17, 15) is 0 Å². The van der Waals surface area contributed by atoms with Crippen LogP contribution in [0.3, 0.4) is 0 Å². The first kappa shape index (κ1) is 18.5. The number of benzene rings is 1. The summed E-state index contributed by atoms with van der Waals surface area (Å²) in [5, 5.41) is 4.11. The van der Waals surface area contributed by atoms with Crippen molar-refractivity contribution in [3.8, 4) is 5.75 Å². The maximum absolute atomic E-state index is 5.99. The molecule has 0 radical (unpaired) electrons. The van der Waals surface area contributed by atoms with Gasteiger partial charge in [0.05, 0.1) is 6.61 Å². The molecule has 0 bridgehead atoms. The average Bonchev–Trinajstić information content (AvgIpc) is 2.37. The fourth-order valence-electron chi connectivity index (χ4n) is 1.65. The maximum atomic E-state index is 5.99. The molecule has 1 aromatic rings. The lowest BCUT2D eigenvalue weighted by molar-refractivity contribution is -0.00000514. The van der Waals surface area contributed by atoms with Crippen LogP contribution in [0.4, 0.5) is 0 Å². The first-order valence-corrected chi connectivity index (χ1v) is 6.85. The second-order valence-corrected chi connectivity index (χ2v) is 4.35. The van der Waals surface area contributed by atoms with Crippen LogP contribution in [0.2, 0.25) is 5.02 Å². The number of rotatable bonds is 9. The lowest BCUT2D eigenvalue weighted by Gasteiger charge is -2.11. The Labute approximate surface area is 127 Å². The van der Waals surface area contributed by atoms with Gasteiger partial charge in [0.2, 0.25) is 0 Å². The lowest BCUT2D eigenvalue weighted by atomic mass is 10.2. The van der Waals surface area contributed by atoms with Crippen LogP contribution >= 0.6 is 11.6 Å². The molecule has 0 fully saturated rings. The predicted octanol–water partition coefficient (Wildman–Crippen LogP) is 0.259. The minimum absolute atomic E-state index is 0. The fraction of sp³-hybridized carbons (Fsp3) is 0.571. The van der Waals surface area contributed by atoms with Crippen LogP contribution in [0.25, 0.3) is 0 Å². The smallest absolute Gasteiger partial charge is 0.123 e. The molecule has 0 aliphatic heterocycles. The van der Waals surface area contributed by atoms with Gasteiger partial charge in [-0.05, 0) is 45.0 Å². The van der Waals surface area contributed by atoms with Gasteiger partial charge in [-0.3, -0.25) is 0 Å². The maximum Gasteiger partial charge on any atom is 0.123 e. The molecule has 0 spiro atoms. The SMILES string of the molecule is CCOCCCNCc1cc(Cl)ccc1OCC.[Cl-]. The molecule has 0 aromatic heterocycles. The van der Waals surface area contributed by atoms with E-state index in [1.165, 1.54) is 0 Å². The standard InChI is InChI=1S/C14H22ClNO2.ClH/c1-3-17-9-5-8-16-11-12-10-13(15)6-7-14(12)18-4-2;/h6-7,10,16H,3-5,8-9,11H2,1-2H3;1H/p-1. The molecular formula is C14H22Cl2NO2-. The highest BCUT2D eigenvalue weighted by atomic mass is 35.5. The second kappa shape index (κ2) is 11.4. The van der Waals surface area contributed by atoms with Crippen molar-refractivity contribution in [1.82, 2.24) is 5.32 Å². The highest BCUT2D eigenvalue weighted by molar-refractivity contribution is 6.30. The number of nitrogens with one attached hydrogen (secondary N) is 1. The summed E-state index contributed by atoms with van der Waals surface area (Å²) >= 11 is 5.99. The Kier molecular flexibility index (Phi) is 11.1. The van der Waals surface area contributed by atoms with Crippen molar-refractivity contribution in [3.63, 3.8) is 0 Å². The van der Waals surface area contributed by atoms with Crippen LogP contribution < -0.4 is 22.5 Å². The Morgan fingerprint density at radius 1 is 1.21 bits per heavy atom.